The molecule has 0 saturated heterocycles. The van der Waals surface area contributed by atoms with Crippen molar-refractivity contribution in [2.24, 2.45) is 0 Å². The molecule has 1 rings (SSSR count). The number of hydrogen-bond donors (Lipinski definition) is 2. The van der Waals surface area contributed by atoms with E-state index < -0.39 is 5.03 Å². The van der Waals surface area contributed by atoms with Crippen LogP contribution in [-0.2, 0) is 0 Å². The van der Waals surface area contributed by atoms with Gasteiger partial charge in [0.05, 0.1) is 5.69 Å². The maximum absolute atomic E-state index is 10.2. The minimum Gasteiger partial charge on any atom is -0.310 e. The number of halogens is 1. The highest BCUT2D eigenvalue weighted by atomic mass is 79.9. The predicted molar refractivity (Wildman–Crippen MR) is 65.1 cm³/mol. The van der Waals surface area contributed by atoms with Crippen molar-refractivity contribution in [2.75, 3.05) is 11.9 Å². The number of nitrogens with zero attached hydrogens (tertiary/aromatic N) is 2. The highest BCUT2D eigenvalue weighted by Gasteiger charge is 2.13. The van der Waals surface area contributed by atoms with Gasteiger partial charge in [-0.2, -0.15) is 0 Å². The minimum atomic E-state index is -0.761. The van der Waals surface area contributed by atoms with Gasteiger partial charge in [0.15, 0.2) is 5.03 Å². The van der Waals surface area contributed by atoms with E-state index in [1.165, 1.54) is 4.90 Å². The lowest BCUT2D eigenvalue weighted by Crippen LogP contribution is -2.41. The Morgan fingerprint density at radius 3 is 2.81 bits per heavy atom. The summed E-state index contributed by atoms with van der Waals surface area (Å²) in [6, 6.07) is 5.58. The van der Waals surface area contributed by atoms with Crippen molar-refractivity contribution in [3.8, 4) is 0 Å². The second-order valence-corrected chi connectivity index (χ2v) is 4.09. The van der Waals surface area contributed by atoms with Crippen LogP contribution in [0.15, 0.2) is 22.7 Å². The molecule has 0 aliphatic heterocycles. The topological polar surface area (TPSA) is 82.3 Å². The minimum absolute atomic E-state index is 0.295. The smallest absolute Gasteiger partial charge is 0.258 e. The van der Waals surface area contributed by atoms with Gasteiger partial charge in [0.2, 0.25) is 0 Å². The van der Waals surface area contributed by atoms with Crippen LogP contribution in [0.3, 0.4) is 0 Å². The average Bonchev–Trinajstić information content (AvgIpc) is 2.19. The fraction of sp³-hybridized carbons (Fsp3) is 0.222. The molecule has 0 unspecified atom stereocenters. The summed E-state index contributed by atoms with van der Waals surface area (Å²) >= 11 is 3.33. The lowest BCUT2D eigenvalue weighted by Gasteiger charge is -2.19. The van der Waals surface area contributed by atoms with Crippen molar-refractivity contribution in [3.63, 3.8) is 0 Å². The molecule has 0 amide bonds. The third-order valence-electron chi connectivity index (χ3n) is 2.00. The molecular weight excluding hydrogens is 276 g/mol. The number of guanidine groups is 1. The van der Waals surface area contributed by atoms with Crippen molar-refractivity contribution in [2.45, 2.75) is 6.92 Å². The maximum Gasteiger partial charge on any atom is 0.258 e. The molecule has 0 fully saturated rings. The van der Waals surface area contributed by atoms with Crippen molar-refractivity contribution < 1.29 is 5.03 Å². The number of nitro groups is 1. The zero-order chi connectivity index (χ0) is 12.3. The maximum atomic E-state index is 10.2. The number of anilines is 1. The Morgan fingerprint density at radius 1 is 1.62 bits per heavy atom. The van der Waals surface area contributed by atoms with Crippen molar-refractivity contribution in [3.05, 3.63) is 38.3 Å². The number of nitrogens with one attached hydrogen (secondary N) is 2. The first kappa shape index (κ1) is 12.4. The van der Waals surface area contributed by atoms with Crippen molar-refractivity contribution in [1.29, 1.82) is 5.41 Å². The van der Waals surface area contributed by atoms with Gasteiger partial charge in [0.1, 0.15) is 0 Å². The summed E-state index contributed by atoms with van der Waals surface area (Å²) in [5, 5.41) is 16.9. The van der Waals surface area contributed by atoms with Crippen LogP contribution < -0.4 is 10.3 Å². The Morgan fingerprint density at radius 2 is 2.25 bits per heavy atom. The number of hydrazine groups is 1. The standard InChI is InChI=1S/C9H11BrN4O2/c1-6-3-4-7(10)8(5-6)13(2)9(11)12-14(15)16/h3-5H,1-2H3,(H2,11,12). The fourth-order valence-corrected chi connectivity index (χ4v) is 1.67. The van der Waals surface area contributed by atoms with Crippen LogP contribution in [0.1, 0.15) is 5.56 Å². The Bertz CT molecular complexity index is 436. The highest BCUT2D eigenvalue weighted by molar-refractivity contribution is 9.10. The molecule has 6 nitrogen and oxygen atoms in total. The first-order chi connectivity index (χ1) is 7.41. The summed E-state index contributed by atoms with van der Waals surface area (Å²) in [5.74, 6) is -0.295. The normalized spacial score (nSPS) is 9.69. The summed E-state index contributed by atoms with van der Waals surface area (Å²) in [6.07, 6.45) is 0. The van der Waals surface area contributed by atoms with E-state index in [9.17, 15) is 10.1 Å². The predicted octanol–water partition coefficient (Wildman–Crippen LogP) is 1.91. The van der Waals surface area contributed by atoms with E-state index >= 15 is 0 Å². The van der Waals surface area contributed by atoms with E-state index in [1.54, 1.807) is 12.5 Å². The van der Waals surface area contributed by atoms with Gasteiger partial charge >= 0.3 is 0 Å². The van der Waals surface area contributed by atoms with Gasteiger partial charge in [0.25, 0.3) is 5.96 Å². The van der Waals surface area contributed by atoms with Crippen LogP contribution in [0, 0.1) is 22.4 Å². The Labute approximate surface area is 101 Å². The third kappa shape index (κ3) is 2.93. The lowest BCUT2D eigenvalue weighted by atomic mass is 10.2. The van der Waals surface area contributed by atoms with Gasteiger partial charge in [-0.15, -0.1) is 0 Å². The molecule has 1 aromatic carbocycles. The van der Waals surface area contributed by atoms with Gasteiger partial charge in [-0.3, -0.25) is 5.41 Å². The number of aryl methyl sites for hydroxylation is 1. The molecule has 0 radical (unpaired) electrons. The average molecular weight is 287 g/mol. The van der Waals surface area contributed by atoms with E-state index in [0.717, 1.165) is 10.0 Å². The van der Waals surface area contributed by atoms with Gasteiger partial charge < -0.3 is 4.90 Å². The molecule has 0 bridgehead atoms. The van der Waals surface area contributed by atoms with E-state index in [1.807, 2.05) is 25.1 Å². The van der Waals surface area contributed by atoms with Crippen LogP contribution in [0.2, 0.25) is 0 Å². The zero-order valence-corrected chi connectivity index (χ0v) is 10.4. The molecule has 2 N–H and O–H groups in total. The van der Waals surface area contributed by atoms with E-state index in [2.05, 4.69) is 15.9 Å². The molecule has 0 aromatic heterocycles. The Hall–Kier alpha value is -1.63. The molecule has 0 heterocycles. The Balaban J connectivity index is 2.95. The first-order valence-corrected chi connectivity index (χ1v) is 5.20. The molecule has 7 heteroatoms. The van der Waals surface area contributed by atoms with Crippen LogP contribution >= 0.6 is 15.9 Å². The second kappa shape index (κ2) is 4.93. The van der Waals surface area contributed by atoms with E-state index in [0.29, 0.717) is 5.69 Å². The molecule has 0 atom stereocenters. The number of hydrogen-bond acceptors (Lipinski definition) is 3. The molecule has 0 aliphatic rings. The highest BCUT2D eigenvalue weighted by Crippen LogP contribution is 2.26. The van der Waals surface area contributed by atoms with Crippen LogP contribution in [0.25, 0.3) is 0 Å². The van der Waals surface area contributed by atoms with Gasteiger partial charge in [-0.05, 0) is 40.5 Å². The Kier molecular flexibility index (Phi) is 3.83. The summed E-state index contributed by atoms with van der Waals surface area (Å²) in [7, 11) is 1.58. The van der Waals surface area contributed by atoms with E-state index in [-0.39, 0.29) is 5.96 Å². The second-order valence-electron chi connectivity index (χ2n) is 3.23. The quantitative estimate of drug-likeness (QED) is 0.377. The zero-order valence-electron chi connectivity index (χ0n) is 8.82. The molecular formula is C9H11BrN4O2. The lowest BCUT2D eigenvalue weighted by molar-refractivity contribution is -0.525. The SMILES string of the molecule is Cc1ccc(Br)c(N(C)C(=N)N[N+](=O)[O-])c1. The first-order valence-electron chi connectivity index (χ1n) is 4.41. The van der Waals surface area contributed by atoms with Crippen LogP contribution in [0.5, 0.6) is 0 Å². The fourth-order valence-electron chi connectivity index (χ4n) is 1.16. The summed E-state index contributed by atoms with van der Waals surface area (Å²) in [6.45, 7) is 1.91. The summed E-state index contributed by atoms with van der Waals surface area (Å²) in [4.78, 5) is 11.6. The molecule has 0 aliphatic carbocycles. The van der Waals surface area contributed by atoms with Crippen LogP contribution in [0.4, 0.5) is 5.69 Å². The molecule has 16 heavy (non-hydrogen) atoms. The summed E-state index contributed by atoms with van der Waals surface area (Å²) in [5.41, 5.74) is 3.51. The molecule has 1 aromatic rings. The van der Waals surface area contributed by atoms with Gasteiger partial charge in [-0.1, -0.05) is 11.5 Å². The molecule has 86 valence electrons. The van der Waals surface area contributed by atoms with Crippen LogP contribution in [-0.4, -0.2) is 18.0 Å². The monoisotopic (exact) mass is 286 g/mol. The van der Waals surface area contributed by atoms with E-state index in [4.69, 9.17) is 5.41 Å². The van der Waals surface area contributed by atoms with Gasteiger partial charge in [0, 0.05) is 11.5 Å². The van der Waals surface area contributed by atoms with Gasteiger partial charge in [-0.25, -0.2) is 10.1 Å². The number of rotatable bonds is 2. The molecule has 0 spiro atoms. The third-order valence-corrected chi connectivity index (χ3v) is 2.67. The van der Waals surface area contributed by atoms with Crippen molar-refractivity contribution >= 4 is 27.6 Å². The van der Waals surface area contributed by atoms with Crippen molar-refractivity contribution in [1.82, 2.24) is 5.43 Å². The summed E-state index contributed by atoms with van der Waals surface area (Å²) < 4.78 is 0.774. The number of benzene rings is 1. The largest absolute Gasteiger partial charge is 0.310 e. The molecule has 0 saturated carbocycles.